The molecule has 0 atom stereocenters. The van der Waals surface area contributed by atoms with Crippen molar-refractivity contribution in [2.75, 3.05) is 11.9 Å². The zero-order valence-corrected chi connectivity index (χ0v) is 11.7. The summed E-state index contributed by atoms with van der Waals surface area (Å²) in [6.07, 6.45) is 1.80. The standard InChI is InChI=1S/C17H17N3O/c18-13-15-10-4-5-11-16(15)20-17(21)19-12-6-9-14-7-2-1-3-8-14/h1-5,7-8,10-11H,6,9,12H2,(H2,19,20,21). The molecule has 2 N–H and O–H groups in total. The molecule has 0 fully saturated rings. The Bertz CT molecular complexity index is 632. The van der Waals surface area contributed by atoms with Gasteiger partial charge in [-0.05, 0) is 30.5 Å². The Hall–Kier alpha value is -2.80. The van der Waals surface area contributed by atoms with Gasteiger partial charge in [-0.1, -0.05) is 42.5 Å². The van der Waals surface area contributed by atoms with Gasteiger partial charge in [0.15, 0.2) is 0 Å². The van der Waals surface area contributed by atoms with Gasteiger partial charge in [-0.15, -0.1) is 0 Å². The molecule has 0 bridgehead atoms. The highest BCUT2D eigenvalue weighted by Crippen LogP contribution is 2.12. The monoisotopic (exact) mass is 279 g/mol. The second kappa shape index (κ2) is 7.71. The van der Waals surface area contributed by atoms with E-state index < -0.39 is 0 Å². The first-order chi connectivity index (χ1) is 10.3. The summed E-state index contributed by atoms with van der Waals surface area (Å²) in [4.78, 5) is 11.8. The van der Waals surface area contributed by atoms with Crippen molar-refractivity contribution in [1.82, 2.24) is 5.32 Å². The summed E-state index contributed by atoms with van der Waals surface area (Å²) in [5, 5.41) is 14.4. The average Bonchev–Trinajstić information content (AvgIpc) is 2.53. The van der Waals surface area contributed by atoms with E-state index in [2.05, 4.69) is 22.8 Å². The summed E-state index contributed by atoms with van der Waals surface area (Å²) in [7, 11) is 0. The Morgan fingerprint density at radius 2 is 1.76 bits per heavy atom. The maximum Gasteiger partial charge on any atom is 0.319 e. The number of nitrogens with zero attached hydrogens (tertiary/aromatic N) is 1. The number of carbonyl (C=O) groups excluding carboxylic acids is 1. The fraction of sp³-hybridized carbons (Fsp3) is 0.176. The normalized spacial score (nSPS) is 9.67. The first-order valence-electron chi connectivity index (χ1n) is 6.87. The first-order valence-corrected chi connectivity index (χ1v) is 6.87. The van der Waals surface area contributed by atoms with Crippen LogP contribution in [0.15, 0.2) is 54.6 Å². The zero-order valence-electron chi connectivity index (χ0n) is 11.7. The van der Waals surface area contributed by atoms with Crippen molar-refractivity contribution in [1.29, 1.82) is 5.26 Å². The Morgan fingerprint density at radius 3 is 2.52 bits per heavy atom. The molecule has 2 aromatic carbocycles. The zero-order chi connectivity index (χ0) is 14.9. The van der Waals surface area contributed by atoms with Gasteiger partial charge < -0.3 is 10.6 Å². The van der Waals surface area contributed by atoms with E-state index in [1.54, 1.807) is 24.3 Å². The van der Waals surface area contributed by atoms with Crippen molar-refractivity contribution in [3.63, 3.8) is 0 Å². The van der Waals surface area contributed by atoms with Gasteiger partial charge in [-0.25, -0.2) is 4.79 Å². The van der Waals surface area contributed by atoms with Crippen LogP contribution in [0.5, 0.6) is 0 Å². The maximum absolute atomic E-state index is 11.8. The Kier molecular flexibility index (Phi) is 5.36. The van der Waals surface area contributed by atoms with Gasteiger partial charge in [0.25, 0.3) is 0 Å². The summed E-state index contributed by atoms with van der Waals surface area (Å²) in [5.74, 6) is 0. The average molecular weight is 279 g/mol. The first kappa shape index (κ1) is 14.6. The summed E-state index contributed by atoms with van der Waals surface area (Å²) in [6, 6.07) is 18.8. The SMILES string of the molecule is N#Cc1ccccc1NC(=O)NCCCc1ccccc1. The van der Waals surface area contributed by atoms with Crippen LogP contribution in [0.25, 0.3) is 0 Å². The highest BCUT2D eigenvalue weighted by Gasteiger charge is 2.04. The lowest BCUT2D eigenvalue weighted by molar-refractivity contribution is 0.252. The predicted octanol–water partition coefficient (Wildman–Crippen LogP) is 3.31. The molecule has 4 heteroatoms. The molecule has 21 heavy (non-hydrogen) atoms. The van der Waals surface area contributed by atoms with Crippen molar-refractivity contribution in [3.8, 4) is 6.07 Å². The van der Waals surface area contributed by atoms with Crippen LogP contribution in [-0.4, -0.2) is 12.6 Å². The van der Waals surface area contributed by atoms with Crippen LogP contribution in [0.2, 0.25) is 0 Å². The van der Waals surface area contributed by atoms with E-state index in [1.807, 2.05) is 24.3 Å². The van der Waals surface area contributed by atoms with Crippen molar-refractivity contribution in [2.24, 2.45) is 0 Å². The van der Waals surface area contributed by atoms with E-state index in [1.165, 1.54) is 5.56 Å². The third kappa shape index (κ3) is 4.66. The topological polar surface area (TPSA) is 64.9 Å². The van der Waals surface area contributed by atoms with E-state index in [0.29, 0.717) is 17.8 Å². The van der Waals surface area contributed by atoms with Crippen LogP contribution in [0.4, 0.5) is 10.5 Å². The molecule has 0 aromatic heterocycles. The Morgan fingerprint density at radius 1 is 1.05 bits per heavy atom. The lowest BCUT2D eigenvalue weighted by atomic mass is 10.1. The summed E-state index contributed by atoms with van der Waals surface area (Å²) in [5.41, 5.74) is 2.24. The molecule has 0 saturated carbocycles. The number of aryl methyl sites for hydroxylation is 1. The highest BCUT2D eigenvalue weighted by atomic mass is 16.2. The van der Waals surface area contributed by atoms with Gasteiger partial charge >= 0.3 is 6.03 Å². The van der Waals surface area contributed by atoms with Crippen molar-refractivity contribution >= 4 is 11.7 Å². The van der Waals surface area contributed by atoms with E-state index in [4.69, 9.17) is 5.26 Å². The summed E-state index contributed by atoms with van der Waals surface area (Å²) in [6.45, 7) is 0.593. The van der Waals surface area contributed by atoms with Gasteiger partial charge in [0.2, 0.25) is 0 Å². The number of nitriles is 1. The van der Waals surface area contributed by atoms with Crippen molar-refractivity contribution in [3.05, 3.63) is 65.7 Å². The lowest BCUT2D eigenvalue weighted by Gasteiger charge is -2.08. The van der Waals surface area contributed by atoms with E-state index in [-0.39, 0.29) is 6.03 Å². The smallest absolute Gasteiger partial charge is 0.319 e. The second-order valence-corrected chi connectivity index (χ2v) is 4.63. The number of amides is 2. The molecule has 0 saturated heterocycles. The van der Waals surface area contributed by atoms with Crippen LogP contribution in [0.1, 0.15) is 17.5 Å². The molecule has 0 spiro atoms. The number of hydrogen-bond donors (Lipinski definition) is 2. The Balaban J connectivity index is 1.74. The maximum atomic E-state index is 11.8. The molecule has 0 aliphatic heterocycles. The number of benzene rings is 2. The fourth-order valence-electron chi connectivity index (χ4n) is 2.00. The van der Waals surface area contributed by atoms with Gasteiger partial charge in [0, 0.05) is 6.54 Å². The van der Waals surface area contributed by atoms with Crippen LogP contribution in [0.3, 0.4) is 0 Å². The number of urea groups is 1. The van der Waals surface area contributed by atoms with Gasteiger partial charge in [0.05, 0.1) is 11.3 Å². The highest BCUT2D eigenvalue weighted by molar-refractivity contribution is 5.90. The Labute approximate surface area is 124 Å². The molecule has 0 aliphatic rings. The van der Waals surface area contributed by atoms with Gasteiger partial charge in [-0.3, -0.25) is 0 Å². The van der Waals surface area contributed by atoms with E-state index in [9.17, 15) is 4.79 Å². The molecule has 2 aromatic rings. The number of rotatable bonds is 5. The molecule has 0 heterocycles. The minimum absolute atomic E-state index is 0.286. The summed E-state index contributed by atoms with van der Waals surface area (Å²) < 4.78 is 0. The van der Waals surface area contributed by atoms with Crippen molar-refractivity contribution < 1.29 is 4.79 Å². The third-order valence-electron chi connectivity index (χ3n) is 3.07. The fourth-order valence-corrected chi connectivity index (χ4v) is 2.00. The third-order valence-corrected chi connectivity index (χ3v) is 3.07. The largest absolute Gasteiger partial charge is 0.338 e. The number of hydrogen-bond acceptors (Lipinski definition) is 2. The minimum Gasteiger partial charge on any atom is -0.338 e. The van der Waals surface area contributed by atoms with Crippen LogP contribution in [0, 0.1) is 11.3 Å². The van der Waals surface area contributed by atoms with Crippen LogP contribution in [-0.2, 0) is 6.42 Å². The van der Waals surface area contributed by atoms with Crippen molar-refractivity contribution in [2.45, 2.75) is 12.8 Å². The summed E-state index contributed by atoms with van der Waals surface area (Å²) >= 11 is 0. The molecule has 0 aliphatic carbocycles. The van der Waals surface area contributed by atoms with E-state index >= 15 is 0 Å². The molecule has 2 rings (SSSR count). The quantitative estimate of drug-likeness (QED) is 0.825. The van der Waals surface area contributed by atoms with Crippen LogP contribution >= 0.6 is 0 Å². The predicted molar refractivity (Wildman–Crippen MR) is 82.9 cm³/mol. The molecular formula is C17H17N3O. The number of anilines is 1. The van der Waals surface area contributed by atoms with Gasteiger partial charge in [0.1, 0.15) is 6.07 Å². The number of carbonyl (C=O) groups is 1. The van der Waals surface area contributed by atoms with Gasteiger partial charge in [-0.2, -0.15) is 5.26 Å². The molecule has 0 unspecified atom stereocenters. The molecular weight excluding hydrogens is 262 g/mol. The minimum atomic E-state index is -0.286. The molecule has 2 amide bonds. The second-order valence-electron chi connectivity index (χ2n) is 4.63. The molecule has 106 valence electrons. The van der Waals surface area contributed by atoms with E-state index in [0.717, 1.165) is 12.8 Å². The molecule has 0 radical (unpaired) electrons. The number of nitrogens with one attached hydrogen (secondary N) is 2. The van der Waals surface area contributed by atoms with Crippen LogP contribution < -0.4 is 10.6 Å². The number of para-hydroxylation sites is 1. The lowest BCUT2D eigenvalue weighted by Crippen LogP contribution is -2.30. The molecule has 4 nitrogen and oxygen atoms in total.